The van der Waals surface area contributed by atoms with E-state index in [4.69, 9.17) is 22.1 Å². The summed E-state index contributed by atoms with van der Waals surface area (Å²) in [7, 11) is 1.61. The highest BCUT2D eigenvalue weighted by molar-refractivity contribution is 6.31. The minimum atomic E-state index is -0.471. The summed E-state index contributed by atoms with van der Waals surface area (Å²) in [5, 5.41) is 9.89. The Kier molecular flexibility index (Phi) is 4.80. The number of methoxy groups -OCH3 is 1. The summed E-state index contributed by atoms with van der Waals surface area (Å²) in [6.07, 6.45) is 0. The SMILES string of the molecule is COc1c(C(C)C)cc(Cl)c(C)c1C(N)CO. The lowest BCUT2D eigenvalue weighted by molar-refractivity contribution is 0.264. The van der Waals surface area contributed by atoms with Gasteiger partial charge in [-0.05, 0) is 30.0 Å². The Labute approximate surface area is 108 Å². The lowest BCUT2D eigenvalue weighted by atomic mass is 9.92. The van der Waals surface area contributed by atoms with Crippen LogP contribution in [0.2, 0.25) is 5.02 Å². The molecule has 0 heterocycles. The first-order valence-corrected chi connectivity index (χ1v) is 6.05. The van der Waals surface area contributed by atoms with Crippen LogP contribution in [0.4, 0.5) is 0 Å². The van der Waals surface area contributed by atoms with Crippen molar-refractivity contribution in [3.63, 3.8) is 0 Å². The van der Waals surface area contributed by atoms with Gasteiger partial charge in [0.25, 0.3) is 0 Å². The molecular formula is C13H20ClNO2. The summed E-state index contributed by atoms with van der Waals surface area (Å²) < 4.78 is 5.45. The van der Waals surface area contributed by atoms with Gasteiger partial charge in [0, 0.05) is 10.6 Å². The molecule has 0 aliphatic rings. The zero-order chi connectivity index (χ0) is 13.2. The van der Waals surface area contributed by atoms with Crippen molar-refractivity contribution >= 4 is 11.6 Å². The molecule has 0 aliphatic carbocycles. The smallest absolute Gasteiger partial charge is 0.127 e. The summed E-state index contributed by atoms with van der Waals surface area (Å²) >= 11 is 6.20. The van der Waals surface area contributed by atoms with E-state index >= 15 is 0 Å². The molecule has 1 aromatic rings. The van der Waals surface area contributed by atoms with Gasteiger partial charge in [-0.1, -0.05) is 25.4 Å². The maximum atomic E-state index is 9.23. The van der Waals surface area contributed by atoms with Crippen LogP contribution in [0.5, 0.6) is 5.75 Å². The second-order valence-corrected chi connectivity index (χ2v) is 4.87. The summed E-state index contributed by atoms with van der Waals surface area (Å²) in [4.78, 5) is 0. The van der Waals surface area contributed by atoms with Crippen LogP contribution in [0.25, 0.3) is 0 Å². The van der Waals surface area contributed by atoms with Crippen molar-refractivity contribution in [2.45, 2.75) is 32.7 Å². The van der Waals surface area contributed by atoms with Crippen molar-refractivity contribution in [2.75, 3.05) is 13.7 Å². The van der Waals surface area contributed by atoms with Crippen molar-refractivity contribution in [3.05, 3.63) is 27.8 Å². The molecule has 0 radical (unpaired) electrons. The van der Waals surface area contributed by atoms with Gasteiger partial charge in [-0.3, -0.25) is 0 Å². The molecule has 17 heavy (non-hydrogen) atoms. The maximum Gasteiger partial charge on any atom is 0.127 e. The molecule has 0 fully saturated rings. The number of hydrogen-bond donors (Lipinski definition) is 2. The Morgan fingerprint density at radius 2 is 2.06 bits per heavy atom. The maximum absolute atomic E-state index is 9.23. The van der Waals surface area contributed by atoms with E-state index in [-0.39, 0.29) is 12.5 Å². The molecule has 0 spiro atoms. The number of aliphatic hydroxyl groups excluding tert-OH is 1. The molecular weight excluding hydrogens is 238 g/mol. The zero-order valence-electron chi connectivity index (χ0n) is 10.7. The summed E-state index contributed by atoms with van der Waals surface area (Å²) in [5.74, 6) is 1.02. The minimum absolute atomic E-state index is 0.130. The largest absolute Gasteiger partial charge is 0.496 e. The summed E-state index contributed by atoms with van der Waals surface area (Å²) in [6.45, 7) is 5.89. The van der Waals surface area contributed by atoms with Crippen molar-refractivity contribution in [1.82, 2.24) is 0 Å². The number of rotatable bonds is 4. The van der Waals surface area contributed by atoms with E-state index in [9.17, 15) is 5.11 Å². The lowest BCUT2D eigenvalue weighted by Crippen LogP contribution is -2.18. The van der Waals surface area contributed by atoms with Crippen LogP contribution in [0.1, 0.15) is 42.5 Å². The molecule has 0 aromatic heterocycles. The molecule has 3 nitrogen and oxygen atoms in total. The van der Waals surface area contributed by atoms with Crippen LogP contribution in [0, 0.1) is 6.92 Å². The van der Waals surface area contributed by atoms with E-state index in [0.717, 1.165) is 22.4 Å². The standard InChI is InChI=1S/C13H20ClNO2/c1-7(2)9-5-10(14)8(3)12(11(15)6-16)13(9)17-4/h5,7,11,16H,6,15H2,1-4H3. The summed E-state index contributed by atoms with van der Waals surface area (Å²) in [6, 6.07) is 1.44. The van der Waals surface area contributed by atoms with E-state index in [0.29, 0.717) is 5.02 Å². The molecule has 0 aliphatic heterocycles. The predicted octanol–water partition coefficient (Wildman–Crippen LogP) is 2.77. The Hall–Kier alpha value is -0.770. The highest BCUT2D eigenvalue weighted by Crippen LogP contribution is 2.38. The van der Waals surface area contributed by atoms with Crippen LogP contribution in [0.15, 0.2) is 6.07 Å². The predicted molar refractivity (Wildman–Crippen MR) is 70.8 cm³/mol. The van der Waals surface area contributed by atoms with Gasteiger partial charge in [0.15, 0.2) is 0 Å². The lowest BCUT2D eigenvalue weighted by Gasteiger charge is -2.22. The van der Waals surface area contributed by atoms with Gasteiger partial charge < -0.3 is 15.6 Å². The number of nitrogens with two attached hydrogens (primary N) is 1. The fourth-order valence-electron chi connectivity index (χ4n) is 1.96. The molecule has 1 aromatic carbocycles. The fourth-order valence-corrected chi connectivity index (χ4v) is 2.18. The Morgan fingerprint density at radius 3 is 2.47 bits per heavy atom. The molecule has 0 bridgehead atoms. The third kappa shape index (κ3) is 2.73. The molecule has 0 saturated heterocycles. The van der Waals surface area contributed by atoms with Gasteiger partial charge in [0.1, 0.15) is 5.75 Å². The molecule has 1 rings (SSSR count). The van der Waals surface area contributed by atoms with Crippen molar-refractivity contribution < 1.29 is 9.84 Å². The number of benzene rings is 1. The van der Waals surface area contributed by atoms with E-state index in [2.05, 4.69) is 13.8 Å². The quantitative estimate of drug-likeness (QED) is 0.872. The first kappa shape index (κ1) is 14.3. The van der Waals surface area contributed by atoms with E-state index < -0.39 is 6.04 Å². The normalized spacial score (nSPS) is 12.9. The van der Waals surface area contributed by atoms with Gasteiger partial charge in [0.05, 0.1) is 19.8 Å². The topological polar surface area (TPSA) is 55.5 Å². The van der Waals surface area contributed by atoms with Gasteiger partial charge in [-0.25, -0.2) is 0 Å². The molecule has 96 valence electrons. The van der Waals surface area contributed by atoms with Gasteiger partial charge in [0.2, 0.25) is 0 Å². The van der Waals surface area contributed by atoms with Crippen molar-refractivity contribution in [3.8, 4) is 5.75 Å². The van der Waals surface area contributed by atoms with Crippen LogP contribution < -0.4 is 10.5 Å². The van der Waals surface area contributed by atoms with Crippen molar-refractivity contribution in [1.29, 1.82) is 0 Å². The molecule has 3 N–H and O–H groups in total. The molecule has 4 heteroatoms. The Balaban J connectivity index is 3.53. The summed E-state index contributed by atoms with van der Waals surface area (Å²) in [5.41, 5.74) is 8.60. The molecule has 1 atom stereocenters. The van der Waals surface area contributed by atoms with Gasteiger partial charge >= 0.3 is 0 Å². The molecule has 0 amide bonds. The Bertz CT molecular complexity index is 405. The van der Waals surface area contributed by atoms with Crippen LogP contribution in [-0.2, 0) is 0 Å². The van der Waals surface area contributed by atoms with Crippen LogP contribution in [-0.4, -0.2) is 18.8 Å². The average molecular weight is 258 g/mol. The van der Waals surface area contributed by atoms with E-state index in [1.54, 1.807) is 7.11 Å². The van der Waals surface area contributed by atoms with Gasteiger partial charge in [-0.15, -0.1) is 0 Å². The molecule has 0 saturated carbocycles. The second-order valence-electron chi connectivity index (χ2n) is 4.46. The van der Waals surface area contributed by atoms with Crippen LogP contribution in [0.3, 0.4) is 0 Å². The number of hydrogen-bond acceptors (Lipinski definition) is 3. The Morgan fingerprint density at radius 1 is 1.47 bits per heavy atom. The van der Waals surface area contributed by atoms with Crippen molar-refractivity contribution in [2.24, 2.45) is 5.73 Å². The van der Waals surface area contributed by atoms with E-state index in [1.165, 1.54) is 0 Å². The first-order valence-electron chi connectivity index (χ1n) is 5.67. The van der Waals surface area contributed by atoms with E-state index in [1.807, 2.05) is 13.0 Å². The average Bonchev–Trinajstić information content (AvgIpc) is 2.30. The highest BCUT2D eigenvalue weighted by atomic mass is 35.5. The highest BCUT2D eigenvalue weighted by Gasteiger charge is 2.21. The second kappa shape index (κ2) is 5.71. The number of aliphatic hydroxyl groups is 1. The number of ether oxygens (including phenoxy) is 1. The third-order valence-electron chi connectivity index (χ3n) is 2.94. The van der Waals surface area contributed by atoms with Crippen LogP contribution >= 0.6 is 11.6 Å². The zero-order valence-corrected chi connectivity index (χ0v) is 11.5. The first-order chi connectivity index (χ1) is 7.93. The monoisotopic (exact) mass is 257 g/mol. The minimum Gasteiger partial charge on any atom is -0.496 e. The van der Waals surface area contributed by atoms with Gasteiger partial charge in [-0.2, -0.15) is 0 Å². The number of halogens is 1. The fraction of sp³-hybridized carbons (Fsp3) is 0.538. The third-order valence-corrected chi connectivity index (χ3v) is 3.34. The molecule has 1 unspecified atom stereocenters.